The van der Waals surface area contributed by atoms with Gasteiger partial charge in [0, 0.05) is 18.2 Å². The first kappa shape index (κ1) is 19.6. The Balaban J connectivity index is 1.77. The zero-order chi connectivity index (χ0) is 22.4. The summed E-state index contributed by atoms with van der Waals surface area (Å²) in [6, 6.07) is 18.8. The van der Waals surface area contributed by atoms with Crippen LogP contribution in [-0.4, -0.2) is 22.6 Å². The van der Waals surface area contributed by atoms with E-state index in [1.807, 2.05) is 42.5 Å². The molecule has 7 nitrogen and oxygen atoms in total. The van der Waals surface area contributed by atoms with Gasteiger partial charge in [0.25, 0.3) is 0 Å². The van der Waals surface area contributed by atoms with E-state index in [4.69, 9.17) is 9.47 Å². The SMILES string of the molecule is CC(=O)Oc1ccc(O)c2c1C(=O)C1=C(Oc3ccccc3CN1c1ccccc1)C2=O. The summed E-state index contributed by atoms with van der Waals surface area (Å²) in [5.41, 5.74) is 1.06. The monoisotopic (exact) mass is 427 g/mol. The molecule has 1 heterocycles. The summed E-state index contributed by atoms with van der Waals surface area (Å²) in [5.74, 6) is -2.14. The molecule has 0 spiro atoms. The van der Waals surface area contributed by atoms with E-state index < -0.39 is 23.3 Å². The lowest BCUT2D eigenvalue weighted by Gasteiger charge is -2.29. The van der Waals surface area contributed by atoms with Gasteiger partial charge in [-0.05, 0) is 30.3 Å². The van der Waals surface area contributed by atoms with Gasteiger partial charge >= 0.3 is 5.97 Å². The number of para-hydroxylation sites is 2. The van der Waals surface area contributed by atoms with Crippen molar-refractivity contribution >= 4 is 23.2 Å². The number of anilines is 1. The van der Waals surface area contributed by atoms with Gasteiger partial charge in [-0.3, -0.25) is 14.4 Å². The average molecular weight is 427 g/mol. The number of Topliss-reactive ketones (excluding diaryl/α,β-unsaturated/α-hetero) is 2. The van der Waals surface area contributed by atoms with Crippen LogP contribution in [0.4, 0.5) is 5.69 Å². The molecule has 7 heteroatoms. The highest BCUT2D eigenvalue weighted by molar-refractivity contribution is 6.29. The number of ketones is 2. The fraction of sp³-hybridized carbons (Fsp3) is 0.0800. The van der Waals surface area contributed by atoms with E-state index in [9.17, 15) is 19.5 Å². The minimum absolute atomic E-state index is 0.0175. The molecule has 32 heavy (non-hydrogen) atoms. The number of ether oxygens (including phenoxy) is 2. The predicted molar refractivity (Wildman–Crippen MR) is 115 cm³/mol. The lowest BCUT2D eigenvalue weighted by atomic mass is 9.88. The van der Waals surface area contributed by atoms with Crippen LogP contribution in [0.5, 0.6) is 17.2 Å². The summed E-state index contributed by atoms with van der Waals surface area (Å²) >= 11 is 0. The van der Waals surface area contributed by atoms with Gasteiger partial charge in [-0.1, -0.05) is 36.4 Å². The largest absolute Gasteiger partial charge is 0.507 e. The Bertz CT molecular complexity index is 1330. The molecule has 0 aromatic heterocycles. The van der Waals surface area contributed by atoms with Gasteiger partial charge in [0.2, 0.25) is 17.3 Å². The number of hydrogen-bond donors (Lipinski definition) is 1. The lowest BCUT2D eigenvalue weighted by molar-refractivity contribution is -0.131. The molecule has 5 rings (SSSR count). The number of phenols is 1. The van der Waals surface area contributed by atoms with Crippen molar-refractivity contribution in [3.63, 3.8) is 0 Å². The van der Waals surface area contributed by atoms with E-state index in [0.29, 0.717) is 11.4 Å². The molecule has 0 bridgehead atoms. The van der Waals surface area contributed by atoms with Gasteiger partial charge in [-0.15, -0.1) is 0 Å². The van der Waals surface area contributed by atoms with Crippen LogP contribution in [0.25, 0.3) is 0 Å². The number of aromatic hydroxyl groups is 1. The van der Waals surface area contributed by atoms with Crippen LogP contribution in [0.3, 0.4) is 0 Å². The van der Waals surface area contributed by atoms with Crippen molar-refractivity contribution in [2.45, 2.75) is 13.5 Å². The minimum Gasteiger partial charge on any atom is -0.507 e. The molecular formula is C25H17NO6. The Morgan fingerprint density at radius 2 is 1.66 bits per heavy atom. The molecule has 0 amide bonds. The number of benzene rings is 3. The average Bonchev–Trinajstić information content (AvgIpc) is 2.96. The summed E-state index contributed by atoms with van der Waals surface area (Å²) in [6.07, 6.45) is 0. The Hall–Kier alpha value is -4.39. The van der Waals surface area contributed by atoms with Crippen molar-refractivity contribution in [1.82, 2.24) is 0 Å². The highest BCUT2D eigenvalue weighted by atomic mass is 16.5. The minimum atomic E-state index is -0.668. The van der Waals surface area contributed by atoms with Crippen molar-refractivity contribution in [2.75, 3.05) is 4.90 Å². The predicted octanol–water partition coefficient (Wildman–Crippen LogP) is 4.01. The van der Waals surface area contributed by atoms with Gasteiger partial charge in [0.1, 0.15) is 22.9 Å². The van der Waals surface area contributed by atoms with Crippen molar-refractivity contribution in [3.05, 3.63) is 94.9 Å². The zero-order valence-corrected chi connectivity index (χ0v) is 17.0. The van der Waals surface area contributed by atoms with Gasteiger partial charge in [0.05, 0.1) is 17.7 Å². The van der Waals surface area contributed by atoms with E-state index >= 15 is 0 Å². The molecule has 3 aromatic rings. The zero-order valence-electron chi connectivity index (χ0n) is 17.0. The number of fused-ring (bicyclic) bond motifs is 2. The molecule has 1 aliphatic carbocycles. The van der Waals surface area contributed by atoms with Crippen molar-refractivity contribution < 1.29 is 29.0 Å². The van der Waals surface area contributed by atoms with Crippen LogP contribution >= 0.6 is 0 Å². The van der Waals surface area contributed by atoms with Crippen LogP contribution < -0.4 is 14.4 Å². The lowest BCUT2D eigenvalue weighted by Crippen LogP contribution is -2.34. The standard InChI is InChI=1S/C25H17NO6/c1-14(27)31-19-12-11-17(28)20-21(19)23(29)22-25(24(20)30)32-18-10-6-5-7-15(18)13-26(22)16-8-3-2-4-9-16/h2-12,28H,13H2,1H3. The normalized spacial score (nSPS) is 14.7. The maximum absolute atomic E-state index is 13.8. The molecule has 0 unspecified atom stereocenters. The van der Waals surface area contributed by atoms with Gasteiger partial charge < -0.3 is 19.5 Å². The maximum atomic E-state index is 13.8. The Kier molecular flexibility index (Phi) is 4.52. The van der Waals surface area contributed by atoms with E-state index in [1.165, 1.54) is 19.1 Å². The third-order valence-electron chi connectivity index (χ3n) is 5.34. The number of carbonyl (C=O) groups is 3. The van der Waals surface area contributed by atoms with E-state index in [-0.39, 0.29) is 34.9 Å². The van der Waals surface area contributed by atoms with Gasteiger partial charge in [0.15, 0.2) is 0 Å². The number of esters is 1. The molecule has 0 atom stereocenters. The summed E-state index contributed by atoms with van der Waals surface area (Å²) in [4.78, 5) is 40.7. The van der Waals surface area contributed by atoms with Crippen LogP contribution in [0, 0.1) is 0 Å². The van der Waals surface area contributed by atoms with Gasteiger partial charge in [-0.2, -0.15) is 0 Å². The Morgan fingerprint density at radius 1 is 0.938 bits per heavy atom. The first-order chi connectivity index (χ1) is 15.5. The third-order valence-corrected chi connectivity index (χ3v) is 5.34. The summed E-state index contributed by atoms with van der Waals surface area (Å²) < 4.78 is 11.2. The molecule has 2 aliphatic rings. The van der Waals surface area contributed by atoms with Crippen LogP contribution in [-0.2, 0) is 11.3 Å². The first-order valence-corrected chi connectivity index (χ1v) is 9.92. The highest BCUT2D eigenvalue weighted by Gasteiger charge is 2.43. The Labute approximate surface area is 183 Å². The van der Waals surface area contributed by atoms with E-state index in [0.717, 1.165) is 5.56 Å². The molecule has 0 saturated heterocycles. The number of nitrogens with zero attached hydrogens (tertiary/aromatic N) is 1. The molecule has 3 aromatic carbocycles. The fourth-order valence-corrected chi connectivity index (χ4v) is 3.97. The topological polar surface area (TPSA) is 93.1 Å². The Morgan fingerprint density at radius 3 is 2.41 bits per heavy atom. The first-order valence-electron chi connectivity index (χ1n) is 9.92. The molecule has 0 fully saturated rings. The van der Waals surface area contributed by atoms with Crippen molar-refractivity contribution in [1.29, 1.82) is 0 Å². The smallest absolute Gasteiger partial charge is 0.308 e. The molecular weight excluding hydrogens is 410 g/mol. The number of phenolic OH excluding ortho intramolecular Hbond substituents is 1. The highest BCUT2D eigenvalue weighted by Crippen LogP contribution is 2.43. The number of rotatable bonds is 2. The van der Waals surface area contributed by atoms with Crippen molar-refractivity contribution in [3.8, 4) is 17.2 Å². The summed E-state index contributed by atoms with van der Waals surface area (Å²) in [7, 11) is 0. The quantitative estimate of drug-likeness (QED) is 0.488. The van der Waals surface area contributed by atoms with Crippen LogP contribution in [0.15, 0.2) is 78.2 Å². The molecule has 1 N–H and O–H groups in total. The number of carbonyl (C=O) groups excluding carboxylic acids is 3. The van der Waals surface area contributed by atoms with Crippen LogP contribution in [0.2, 0.25) is 0 Å². The second kappa shape index (κ2) is 7.39. The fourth-order valence-electron chi connectivity index (χ4n) is 3.97. The molecule has 1 aliphatic heterocycles. The second-order valence-corrected chi connectivity index (χ2v) is 7.39. The third kappa shape index (κ3) is 3.02. The van der Waals surface area contributed by atoms with Crippen molar-refractivity contribution in [2.24, 2.45) is 0 Å². The van der Waals surface area contributed by atoms with Gasteiger partial charge in [-0.25, -0.2) is 0 Å². The second-order valence-electron chi connectivity index (χ2n) is 7.39. The van der Waals surface area contributed by atoms with E-state index in [1.54, 1.807) is 17.0 Å². The molecule has 0 saturated carbocycles. The molecule has 158 valence electrons. The maximum Gasteiger partial charge on any atom is 0.308 e. The summed E-state index contributed by atoms with van der Waals surface area (Å²) in [6.45, 7) is 1.47. The molecule has 0 radical (unpaired) electrons. The van der Waals surface area contributed by atoms with E-state index in [2.05, 4.69) is 0 Å². The van der Waals surface area contributed by atoms with Crippen LogP contribution in [0.1, 0.15) is 33.2 Å². The summed E-state index contributed by atoms with van der Waals surface area (Å²) in [5, 5.41) is 10.4. The number of hydrogen-bond acceptors (Lipinski definition) is 7. The number of allylic oxidation sites excluding steroid dienone is 2.